The minimum absolute atomic E-state index is 0.175. The molecule has 1 aliphatic rings. The second-order valence-electron chi connectivity index (χ2n) is 9.06. The number of carbonyl (C=O) groups excluding carboxylic acids is 2. The van der Waals surface area contributed by atoms with Gasteiger partial charge in [0.25, 0.3) is 0 Å². The van der Waals surface area contributed by atoms with E-state index in [0.717, 1.165) is 23.1 Å². The maximum absolute atomic E-state index is 11.9. The smallest absolute Gasteiger partial charge is 0.210 e. The molecule has 196 valence electrons. The van der Waals surface area contributed by atoms with E-state index in [-0.39, 0.29) is 25.3 Å². The highest BCUT2D eigenvalue weighted by Gasteiger charge is 2.24. The zero-order valence-electron chi connectivity index (χ0n) is 21.3. The fraction of sp³-hybridized carbons (Fsp3) is 0.226. The lowest BCUT2D eigenvalue weighted by atomic mass is 9.94. The van der Waals surface area contributed by atoms with E-state index < -0.39 is 5.60 Å². The number of ketones is 1. The number of hydrogen-bond acceptors (Lipinski definition) is 6. The summed E-state index contributed by atoms with van der Waals surface area (Å²) >= 11 is 0. The molecule has 1 aliphatic carbocycles. The van der Waals surface area contributed by atoms with E-state index in [4.69, 9.17) is 14.2 Å². The lowest BCUT2D eigenvalue weighted by Gasteiger charge is -2.26. The lowest BCUT2D eigenvalue weighted by Crippen LogP contribution is -2.33. The number of aliphatic hydroxyl groups is 1. The van der Waals surface area contributed by atoms with Crippen LogP contribution in [0, 0.1) is 0 Å². The summed E-state index contributed by atoms with van der Waals surface area (Å²) in [5, 5.41) is 10.7. The third-order valence-electron chi connectivity index (χ3n) is 6.17. The predicted molar refractivity (Wildman–Crippen MR) is 144 cm³/mol. The summed E-state index contributed by atoms with van der Waals surface area (Å²) < 4.78 is 18.0. The Morgan fingerprint density at radius 1 is 0.842 bits per heavy atom. The van der Waals surface area contributed by atoms with Gasteiger partial charge in [-0.05, 0) is 53.1 Å². The van der Waals surface area contributed by atoms with Crippen molar-refractivity contribution in [2.45, 2.75) is 31.8 Å². The second-order valence-corrected chi connectivity index (χ2v) is 9.06. The SMILES string of the molecule is COc1c(OCc2ccccc2)cc(CN(C=O)CCC2(O)C=CC(=O)C=C2)cc1OCc1ccccc1. The van der Waals surface area contributed by atoms with Crippen LogP contribution in [-0.4, -0.2) is 41.5 Å². The molecule has 0 saturated heterocycles. The Bertz CT molecular complexity index is 1210. The van der Waals surface area contributed by atoms with Gasteiger partial charge in [-0.15, -0.1) is 0 Å². The topological polar surface area (TPSA) is 85.3 Å². The summed E-state index contributed by atoms with van der Waals surface area (Å²) in [6, 6.07) is 23.3. The average Bonchev–Trinajstić information content (AvgIpc) is 2.95. The minimum Gasteiger partial charge on any atom is -0.490 e. The first kappa shape index (κ1) is 26.7. The fourth-order valence-corrected chi connectivity index (χ4v) is 4.07. The molecule has 1 amide bonds. The van der Waals surface area contributed by atoms with Gasteiger partial charge in [0.15, 0.2) is 17.3 Å². The summed E-state index contributed by atoms with van der Waals surface area (Å²) in [7, 11) is 1.56. The largest absolute Gasteiger partial charge is 0.490 e. The Labute approximate surface area is 222 Å². The first-order valence-corrected chi connectivity index (χ1v) is 12.4. The molecule has 0 saturated carbocycles. The van der Waals surface area contributed by atoms with Crippen molar-refractivity contribution in [1.82, 2.24) is 4.90 Å². The lowest BCUT2D eigenvalue weighted by molar-refractivity contribution is -0.119. The summed E-state index contributed by atoms with van der Waals surface area (Å²) in [6.07, 6.45) is 6.57. The molecule has 0 heterocycles. The normalized spacial score (nSPS) is 13.7. The van der Waals surface area contributed by atoms with E-state index in [1.54, 1.807) is 12.0 Å². The van der Waals surface area contributed by atoms with Crippen molar-refractivity contribution in [3.63, 3.8) is 0 Å². The third-order valence-corrected chi connectivity index (χ3v) is 6.17. The highest BCUT2D eigenvalue weighted by Crippen LogP contribution is 2.40. The molecule has 0 aromatic heterocycles. The molecule has 0 radical (unpaired) electrons. The first-order chi connectivity index (χ1) is 18.5. The highest BCUT2D eigenvalue weighted by molar-refractivity contribution is 6.00. The monoisotopic (exact) mass is 513 g/mol. The Hall–Kier alpha value is -4.36. The summed E-state index contributed by atoms with van der Waals surface area (Å²) in [5.74, 6) is 1.29. The number of allylic oxidation sites excluding steroid dienone is 2. The molecule has 0 atom stereocenters. The fourth-order valence-electron chi connectivity index (χ4n) is 4.07. The molecule has 4 rings (SSSR count). The van der Waals surface area contributed by atoms with Gasteiger partial charge in [0.2, 0.25) is 12.2 Å². The van der Waals surface area contributed by atoms with E-state index >= 15 is 0 Å². The van der Waals surface area contributed by atoms with E-state index in [2.05, 4.69) is 0 Å². The van der Waals surface area contributed by atoms with Gasteiger partial charge in [-0.1, -0.05) is 60.7 Å². The number of nitrogens with zero attached hydrogens (tertiary/aromatic N) is 1. The van der Waals surface area contributed by atoms with E-state index in [1.165, 1.54) is 24.3 Å². The Morgan fingerprint density at radius 3 is 1.84 bits per heavy atom. The zero-order valence-corrected chi connectivity index (χ0v) is 21.3. The van der Waals surface area contributed by atoms with Crippen LogP contribution in [0.1, 0.15) is 23.1 Å². The molecular formula is C31H31NO6. The molecule has 3 aromatic rings. The second kappa shape index (κ2) is 12.7. The van der Waals surface area contributed by atoms with Gasteiger partial charge >= 0.3 is 0 Å². The summed E-state index contributed by atoms with van der Waals surface area (Å²) in [4.78, 5) is 24.9. The van der Waals surface area contributed by atoms with Crippen LogP contribution in [0.15, 0.2) is 97.1 Å². The predicted octanol–water partition coefficient (Wildman–Crippen LogP) is 4.63. The third kappa shape index (κ3) is 7.33. The van der Waals surface area contributed by atoms with Crippen LogP contribution in [0.4, 0.5) is 0 Å². The number of carbonyl (C=O) groups is 2. The van der Waals surface area contributed by atoms with E-state index in [0.29, 0.717) is 30.5 Å². The Morgan fingerprint density at radius 2 is 1.37 bits per heavy atom. The summed E-state index contributed by atoms with van der Waals surface area (Å²) in [6.45, 7) is 1.20. The van der Waals surface area contributed by atoms with Gasteiger partial charge in [-0.3, -0.25) is 9.59 Å². The molecule has 0 bridgehead atoms. The van der Waals surface area contributed by atoms with Gasteiger partial charge in [0.1, 0.15) is 18.8 Å². The summed E-state index contributed by atoms with van der Waals surface area (Å²) in [5.41, 5.74) is 1.51. The zero-order chi connectivity index (χ0) is 26.8. The first-order valence-electron chi connectivity index (χ1n) is 12.4. The van der Waals surface area contributed by atoms with E-state index in [9.17, 15) is 14.7 Å². The van der Waals surface area contributed by atoms with E-state index in [1.807, 2.05) is 72.8 Å². The molecule has 7 heteroatoms. The number of methoxy groups -OCH3 is 1. The minimum atomic E-state index is -1.27. The Balaban J connectivity index is 1.54. The van der Waals surface area contributed by atoms with Crippen molar-refractivity contribution in [2.24, 2.45) is 0 Å². The molecule has 38 heavy (non-hydrogen) atoms. The van der Waals surface area contributed by atoms with Gasteiger partial charge in [-0.25, -0.2) is 0 Å². The molecule has 1 N–H and O–H groups in total. The van der Waals surface area contributed by atoms with Crippen molar-refractivity contribution in [3.05, 3.63) is 114 Å². The average molecular weight is 514 g/mol. The Kier molecular flexibility index (Phi) is 8.95. The van der Waals surface area contributed by atoms with Crippen LogP contribution < -0.4 is 14.2 Å². The number of rotatable bonds is 13. The van der Waals surface area contributed by atoms with Gasteiger partial charge in [-0.2, -0.15) is 0 Å². The molecule has 0 fully saturated rings. The van der Waals surface area contributed by atoms with Gasteiger partial charge in [0.05, 0.1) is 7.11 Å². The maximum atomic E-state index is 11.9. The van der Waals surface area contributed by atoms with Crippen LogP contribution in [-0.2, 0) is 29.3 Å². The van der Waals surface area contributed by atoms with Crippen molar-refractivity contribution in [1.29, 1.82) is 0 Å². The van der Waals surface area contributed by atoms with Crippen LogP contribution in [0.5, 0.6) is 17.2 Å². The molecule has 0 aliphatic heterocycles. The number of hydrogen-bond donors (Lipinski definition) is 1. The van der Waals surface area contributed by atoms with Crippen LogP contribution in [0.25, 0.3) is 0 Å². The number of benzene rings is 3. The van der Waals surface area contributed by atoms with Crippen molar-refractivity contribution in [2.75, 3.05) is 13.7 Å². The quantitative estimate of drug-likeness (QED) is 0.336. The van der Waals surface area contributed by atoms with Crippen molar-refractivity contribution < 1.29 is 28.9 Å². The van der Waals surface area contributed by atoms with Crippen molar-refractivity contribution >= 4 is 12.2 Å². The van der Waals surface area contributed by atoms with Crippen LogP contribution >= 0.6 is 0 Å². The molecular weight excluding hydrogens is 482 g/mol. The number of ether oxygens (including phenoxy) is 3. The van der Waals surface area contributed by atoms with Gasteiger partial charge < -0.3 is 24.2 Å². The van der Waals surface area contributed by atoms with Crippen LogP contribution in [0.2, 0.25) is 0 Å². The standard InChI is InChI=1S/C31H31NO6/c1-36-30-28(37-21-24-8-4-2-5-9-24)18-26(19-29(30)38-22-25-10-6-3-7-11-25)20-32(23-33)17-16-31(35)14-12-27(34)13-15-31/h2-15,18-19,23,35H,16-17,20-22H2,1H3. The number of amides is 1. The molecule has 0 spiro atoms. The van der Waals surface area contributed by atoms with Crippen LogP contribution in [0.3, 0.4) is 0 Å². The molecule has 0 unspecified atom stereocenters. The molecule has 3 aromatic carbocycles. The molecule has 7 nitrogen and oxygen atoms in total. The maximum Gasteiger partial charge on any atom is 0.210 e. The van der Waals surface area contributed by atoms with Crippen molar-refractivity contribution in [3.8, 4) is 17.2 Å². The van der Waals surface area contributed by atoms with Gasteiger partial charge in [0, 0.05) is 19.5 Å². The highest BCUT2D eigenvalue weighted by atomic mass is 16.5.